The maximum Gasteiger partial charge on any atom is 0.254 e. The predicted molar refractivity (Wildman–Crippen MR) is 94.4 cm³/mol. The average molecular weight is 339 g/mol. The topological polar surface area (TPSA) is 64.8 Å². The van der Waals surface area contributed by atoms with Crippen molar-refractivity contribution in [2.45, 2.75) is 26.4 Å². The van der Waals surface area contributed by atoms with E-state index in [0.717, 1.165) is 36.0 Å². The monoisotopic (exact) mass is 339 g/mol. The van der Waals surface area contributed by atoms with Crippen LogP contribution >= 0.6 is 0 Å². The normalized spacial score (nSPS) is 16.2. The van der Waals surface area contributed by atoms with Gasteiger partial charge in [-0.3, -0.25) is 0 Å². The second-order valence-corrected chi connectivity index (χ2v) is 6.17. The number of para-hydroxylation sites is 2. The first-order valence-electron chi connectivity index (χ1n) is 8.55. The van der Waals surface area contributed by atoms with E-state index in [2.05, 4.69) is 26.9 Å². The highest BCUT2D eigenvalue weighted by Crippen LogP contribution is 2.31. The summed E-state index contributed by atoms with van der Waals surface area (Å²) in [4.78, 5) is 10.9. The zero-order chi connectivity index (χ0) is 17.2. The Balaban J connectivity index is 1.61. The molecule has 0 aliphatic carbocycles. The number of fused-ring (bicyclic) bond motifs is 2. The largest absolute Gasteiger partial charge is 0.486 e. The molecule has 1 aromatic carbocycles. The van der Waals surface area contributed by atoms with Crippen LogP contribution in [-0.4, -0.2) is 45.4 Å². The molecule has 0 N–H and O–H groups in total. The van der Waals surface area contributed by atoms with Crippen LogP contribution in [-0.2, 0) is 0 Å². The van der Waals surface area contributed by atoms with Crippen molar-refractivity contribution >= 4 is 11.6 Å². The fraction of sp³-hybridized carbons (Fsp3) is 0.389. The van der Waals surface area contributed by atoms with E-state index in [1.165, 1.54) is 6.33 Å². The van der Waals surface area contributed by atoms with Crippen LogP contribution in [0, 0.1) is 6.92 Å². The second-order valence-electron chi connectivity index (χ2n) is 6.17. The highest BCUT2D eigenvalue weighted by atomic mass is 16.6. The molecule has 1 atom stereocenters. The Morgan fingerprint density at radius 3 is 2.96 bits per heavy atom. The van der Waals surface area contributed by atoms with Crippen molar-refractivity contribution in [3.05, 3.63) is 42.4 Å². The maximum atomic E-state index is 6.13. The maximum absolute atomic E-state index is 6.13. The summed E-state index contributed by atoms with van der Waals surface area (Å²) >= 11 is 0. The predicted octanol–water partition coefficient (Wildman–Crippen LogP) is 2.49. The van der Waals surface area contributed by atoms with Gasteiger partial charge >= 0.3 is 0 Å². The molecule has 7 nitrogen and oxygen atoms in total. The summed E-state index contributed by atoms with van der Waals surface area (Å²) in [6, 6.07) is 9.82. The Bertz CT molecular complexity index is 879. The number of rotatable bonds is 5. The summed E-state index contributed by atoms with van der Waals surface area (Å²) in [7, 11) is 0. The molecule has 130 valence electrons. The van der Waals surface area contributed by atoms with Crippen LogP contribution in [0.5, 0.6) is 11.5 Å². The van der Waals surface area contributed by atoms with Crippen molar-refractivity contribution in [1.82, 2.24) is 19.6 Å². The zero-order valence-electron chi connectivity index (χ0n) is 14.4. The summed E-state index contributed by atoms with van der Waals surface area (Å²) in [6.45, 7) is 6.26. The SMILES string of the molecule is CCCN(CC1COc2ccccc2O1)c1cc(C)nc2ncnn12. The molecule has 0 saturated carbocycles. The smallest absolute Gasteiger partial charge is 0.254 e. The lowest BCUT2D eigenvalue weighted by Gasteiger charge is -2.32. The molecule has 7 heteroatoms. The lowest BCUT2D eigenvalue weighted by molar-refractivity contribution is 0.0950. The molecule has 0 radical (unpaired) electrons. The van der Waals surface area contributed by atoms with Crippen molar-refractivity contribution in [1.29, 1.82) is 0 Å². The molecule has 1 aliphatic rings. The molecular formula is C18H21N5O2. The number of nitrogens with zero attached hydrogens (tertiary/aromatic N) is 5. The van der Waals surface area contributed by atoms with Crippen LogP contribution in [0.2, 0.25) is 0 Å². The highest BCUT2D eigenvalue weighted by molar-refractivity contribution is 5.47. The van der Waals surface area contributed by atoms with Gasteiger partial charge in [-0.05, 0) is 25.5 Å². The summed E-state index contributed by atoms with van der Waals surface area (Å²) in [5.41, 5.74) is 0.919. The Morgan fingerprint density at radius 2 is 2.12 bits per heavy atom. The molecule has 4 rings (SSSR count). The summed E-state index contributed by atoms with van der Waals surface area (Å²) in [5, 5.41) is 4.32. The van der Waals surface area contributed by atoms with E-state index in [4.69, 9.17) is 9.47 Å². The van der Waals surface area contributed by atoms with Crippen molar-refractivity contribution < 1.29 is 9.47 Å². The van der Waals surface area contributed by atoms with Gasteiger partial charge in [-0.1, -0.05) is 19.1 Å². The molecule has 0 saturated heterocycles. The van der Waals surface area contributed by atoms with Gasteiger partial charge in [0.25, 0.3) is 5.78 Å². The fourth-order valence-electron chi connectivity index (χ4n) is 3.10. The number of aryl methyl sites for hydroxylation is 1. The van der Waals surface area contributed by atoms with E-state index in [1.807, 2.05) is 37.3 Å². The molecule has 2 aromatic heterocycles. The molecule has 1 aliphatic heterocycles. The number of anilines is 1. The molecular weight excluding hydrogens is 318 g/mol. The van der Waals surface area contributed by atoms with Crippen molar-refractivity contribution in [2.24, 2.45) is 0 Å². The molecule has 25 heavy (non-hydrogen) atoms. The van der Waals surface area contributed by atoms with Crippen LogP contribution in [0.3, 0.4) is 0 Å². The first-order chi connectivity index (χ1) is 12.2. The van der Waals surface area contributed by atoms with E-state index < -0.39 is 0 Å². The van der Waals surface area contributed by atoms with Gasteiger partial charge in [0.2, 0.25) is 0 Å². The van der Waals surface area contributed by atoms with Gasteiger partial charge < -0.3 is 14.4 Å². The van der Waals surface area contributed by atoms with Crippen LogP contribution in [0.4, 0.5) is 5.82 Å². The Labute approximate surface area is 146 Å². The molecule has 3 heterocycles. The molecule has 0 spiro atoms. The van der Waals surface area contributed by atoms with Crippen LogP contribution in [0.1, 0.15) is 19.0 Å². The van der Waals surface area contributed by atoms with Gasteiger partial charge in [0.05, 0.1) is 6.54 Å². The van der Waals surface area contributed by atoms with Crippen molar-refractivity contribution in [2.75, 3.05) is 24.6 Å². The summed E-state index contributed by atoms with van der Waals surface area (Å²) in [6.07, 6.45) is 2.50. The van der Waals surface area contributed by atoms with Gasteiger partial charge in [0.1, 0.15) is 18.8 Å². The Morgan fingerprint density at radius 1 is 1.28 bits per heavy atom. The Hall–Kier alpha value is -2.83. The lowest BCUT2D eigenvalue weighted by Crippen LogP contribution is -2.42. The lowest BCUT2D eigenvalue weighted by atomic mass is 10.2. The van der Waals surface area contributed by atoms with Gasteiger partial charge in [0, 0.05) is 18.3 Å². The third-order valence-corrected chi connectivity index (χ3v) is 4.17. The van der Waals surface area contributed by atoms with E-state index in [1.54, 1.807) is 4.52 Å². The van der Waals surface area contributed by atoms with E-state index in [-0.39, 0.29) is 6.10 Å². The third kappa shape index (κ3) is 3.09. The summed E-state index contributed by atoms with van der Waals surface area (Å²) in [5.74, 6) is 3.19. The van der Waals surface area contributed by atoms with Crippen LogP contribution in [0.15, 0.2) is 36.7 Å². The number of hydrogen-bond donors (Lipinski definition) is 0. The molecule has 0 bridgehead atoms. The zero-order valence-corrected chi connectivity index (χ0v) is 14.4. The minimum atomic E-state index is -0.0477. The quantitative estimate of drug-likeness (QED) is 0.711. The molecule has 3 aromatic rings. The highest BCUT2D eigenvalue weighted by Gasteiger charge is 2.24. The first kappa shape index (κ1) is 15.7. The van der Waals surface area contributed by atoms with Crippen LogP contribution < -0.4 is 14.4 Å². The average Bonchev–Trinajstić information content (AvgIpc) is 3.09. The fourth-order valence-corrected chi connectivity index (χ4v) is 3.10. The standard InChI is InChI=1S/C18H21N5O2/c1-3-8-22(17-9-13(2)21-18-19-12-20-23(17)18)10-14-11-24-15-6-4-5-7-16(15)25-14/h4-7,9,12,14H,3,8,10-11H2,1-2H3. The number of aromatic nitrogens is 4. The van der Waals surface area contributed by atoms with E-state index in [9.17, 15) is 0 Å². The van der Waals surface area contributed by atoms with Gasteiger partial charge in [0.15, 0.2) is 17.6 Å². The van der Waals surface area contributed by atoms with Gasteiger partial charge in [-0.2, -0.15) is 14.6 Å². The number of hydrogen-bond acceptors (Lipinski definition) is 6. The Kier molecular flexibility index (Phi) is 4.13. The van der Waals surface area contributed by atoms with Crippen molar-refractivity contribution in [3.63, 3.8) is 0 Å². The molecule has 0 amide bonds. The minimum absolute atomic E-state index is 0.0477. The minimum Gasteiger partial charge on any atom is -0.486 e. The van der Waals surface area contributed by atoms with Crippen LogP contribution in [0.25, 0.3) is 5.78 Å². The first-order valence-corrected chi connectivity index (χ1v) is 8.55. The van der Waals surface area contributed by atoms with E-state index in [0.29, 0.717) is 18.9 Å². The number of benzene rings is 1. The second kappa shape index (κ2) is 6.58. The summed E-state index contributed by atoms with van der Waals surface area (Å²) < 4.78 is 13.8. The molecule has 1 unspecified atom stereocenters. The molecule has 0 fully saturated rings. The van der Waals surface area contributed by atoms with Gasteiger partial charge in [-0.15, -0.1) is 0 Å². The third-order valence-electron chi connectivity index (χ3n) is 4.17. The van der Waals surface area contributed by atoms with Gasteiger partial charge in [-0.25, -0.2) is 4.98 Å². The van der Waals surface area contributed by atoms with Crippen molar-refractivity contribution in [3.8, 4) is 11.5 Å². The van der Waals surface area contributed by atoms with E-state index >= 15 is 0 Å². The number of ether oxygens (including phenoxy) is 2.